The molecule has 1 N–H and O–H groups in total. The van der Waals surface area contributed by atoms with Crippen molar-refractivity contribution in [3.63, 3.8) is 0 Å². The first-order valence-electron chi connectivity index (χ1n) is 7.25. The first kappa shape index (κ1) is 12.5. The van der Waals surface area contributed by atoms with Gasteiger partial charge in [0.05, 0.1) is 11.1 Å². The van der Waals surface area contributed by atoms with Gasteiger partial charge >= 0.3 is 0 Å². The van der Waals surface area contributed by atoms with Crippen LogP contribution in [0.2, 0.25) is 0 Å². The molecule has 2 aromatic heterocycles. The van der Waals surface area contributed by atoms with E-state index in [9.17, 15) is 5.11 Å². The number of aliphatic hydroxyl groups is 1. The van der Waals surface area contributed by atoms with Crippen LogP contribution in [0.25, 0.3) is 11.1 Å². The fourth-order valence-electron chi connectivity index (χ4n) is 3.07. The molecule has 1 atom stereocenters. The molecular formula is C17H16N2O2. The van der Waals surface area contributed by atoms with Crippen LogP contribution in [-0.4, -0.2) is 15.1 Å². The Morgan fingerprint density at radius 1 is 1.10 bits per heavy atom. The lowest BCUT2D eigenvalue weighted by Crippen LogP contribution is -2.41. The number of aromatic nitrogens is 2. The van der Waals surface area contributed by atoms with Crippen molar-refractivity contribution >= 4 is 11.1 Å². The topological polar surface area (TPSA) is 59.2 Å². The molecular weight excluding hydrogens is 264 g/mol. The molecule has 4 rings (SSSR count). The van der Waals surface area contributed by atoms with Crippen molar-refractivity contribution in [1.29, 1.82) is 0 Å². The van der Waals surface area contributed by atoms with Crippen LogP contribution in [0.3, 0.4) is 0 Å². The second-order valence-corrected chi connectivity index (χ2v) is 5.65. The number of hydrogen-bond acceptors (Lipinski definition) is 4. The van der Waals surface area contributed by atoms with Crippen LogP contribution in [-0.2, 0) is 5.41 Å². The van der Waals surface area contributed by atoms with Gasteiger partial charge in [-0.15, -0.1) is 0 Å². The van der Waals surface area contributed by atoms with E-state index in [2.05, 4.69) is 9.97 Å². The molecule has 3 aromatic rings. The molecule has 1 aromatic carbocycles. The second kappa shape index (κ2) is 4.67. The minimum absolute atomic E-state index is 0.437. The van der Waals surface area contributed by atoms with Gasteiger partial charge in [-0.05, 0) is 37.1 Å². The Hall–Kier alpha value is -2.20. The molecule has 1 saturated carbocycles. The Labute approximate surface area is 122 Å². The van der Waals surface area contributed by atoms with Gasteiger partial charge in [0.25, 0.3) is 0 Å². The zero-order valence-corrected chi connectivity index (χ0v) is 11.6. The third-order valence-electron chi connectivity index (χ3n) is 4.46. The van der Waals surface area contributed by atoms with E-state index in [1.54, 1.807) is 6.20 Å². The number of aliphatic hydroxyl groups excluding tert-OH is 1. The van der Waals surface area contributed by atoms with Crippen LogP contribution in [0.1, 0.15) is 37.0 Å². The SMILES string of the molecule is OC(c1ccccn1)C1(c2nc3ccccc3o2)CCC1. The Balaban J connectivity index is 1.79. The molecule has 1 aliphatic rings. The highest BCUT2D eigenvalue weighted by atomic mass is 16.4. The van der Waals surface area contributed by atoms with E-state index in [0.29, 0.717) is 11.6 Å². The zero-order valence-electron chi connectivity index (χ0n) is 11.6. The summed E-state index contributed by atoms with van der Waals surface area (Å²) in [4.78, 5) is 8.89. The van der Waals surface area contributed by atoms with E-state index in [1.165, 1.54) is 0 Å². The third kappa shape index (κ3) is 1.87. The highest BCUT2D eigenvalue weighted by Crippen LogP contribution is 2.51. The second-order valence-electron chi connectivity index (χ2n) is 5.65. The van der Waals surface area contributed by atoms with Crippen molar-refractivity contribution in [3.05, 3.63) is 60.2 Å². The summed E-state index contributed by atoms with van der Waals surface area (Å²) in [5.74, 6) is 0.633. The number of benzene rings is 1. The smallest absolute Gasteiger partial charge is 0.204 e. The van der Waals surface area contributed by atoms with Gasteiger partial charge in [-0.3, -0.25) is 4.98 Å². The summed E-state index contributed by atoms with van der Waals surface area (Å²) in [5, 5.41) is 10.8. The van der Waals surface area contributed by atoms with Crippen LogP contribution in [0.15, 0.2) is 53.1 Å². The van der Waals surface area contributed by atoms with Crippen LogP contribution >= 0.6 is 0 Å². The minimum atomic E-state index is -0.680. The fourth-order valence-corrected chi connectivity index (χ4v) is 3.07. The van der Waals surface area contributed by atoms with Crippen molar-refractivity contribution in [2.24, 2.45) is 0 Å². The summed E-state index contributed by atoms with van der Waals surface area (Å²) in [6.45, 7) is 0. The molecule has 0 aliphatic heterocycles. The molecule has 1 aliphatic carbocycles. The van der Waals surface area contributed by atoms with Crippen LogP contribution in [0.5, 0.6) is 0 Å². The molecule has 0 amide bonds. The predicted octanol–water partition coefficient (Wildman–Crippen LogP) is 3.38. The average Bonchev–Trinajstić information content (AvgIpc) is 2.91. The van der Waals surface area contributed by atoms with Crippen molar-refractivity contribution in [2.75, 3.05) is 0 Å². The van der Waals surface area contributed by atoms with E-state index in [4.69, 9.17) is 4.42 Å². The molecule has 0 radical (unpaired) electrons. The number of hydrogen-bond donors (Lipinski definition) is 1. The highest BCUT2D eigenvalue weighted by Gasteiger charge is 2.50. The lowest BCUT2D eigenvalue weighted by Gasteiger charge is -2.42. The summed E-state index contributed by atoms with van der Waals surface area (Å²) < 4.78 is 5.92. The Morgan fingerprint density at radius 2 is 1.90 bits per heavy atom. The minimum Gasteiger partial charge on any atom is -0.440 e. The molecule has 0 bridgehead atoms. The van der Waals surface area contributed by atoms with Crippen molar-refractivity contribution < 1.29 is 9.52 Å². The Bertz CT molecular complexity index is 730. The van der Waals surface area contributed by atoms with Crippen molar-refractivity contribution in [2.45, 2.75) is 30.8 Å². The van der Waals surface area contributed by atoms with Gasteiger partial charge in [-0.25, -0.2) is 4.98 Å². The van der Waals surface area contributed by atoms with Crippen molar-refractivity contribution in [1.82, 2.24) is 9.97 Å². The van der Waals surface area contributed by atoms with Gasteiger partial charge in [0, 0.05) is 6.20 Å². The maximum atomic E-state index is 10.8. The first-order chi connectivity index (χ1) is 10.3. The number of pyridine rings is 1. The fraction of sp³-hybridized carbons (Fsp3) is 0.294. The zero-order chi connectivity index (χ0) is 14.3. The van der Waals surface area contributed by atoms with Gasteiger partial charge in [0.15, 0.2) is 5.58 Å². The third-order valence-corrected chi connectivity index (χ3v) is 4.46. The normalized spacial score (nSPS) is 18.3. The summed E-state index contributed by atoms with van der Waals surface area (Å²) in [7, 11) is 0. The largest absolute Gasteiger partial charge is 0.440 e. The molecule has 4 heteroatoms. The number of nitrogens with zero attached hydrogens (tertiary/aromatic N) is 2. The summed E-state index contributed by atoms with van der Waals surface area (Å²) in [6, 6.07) is 13.3. The molecule has 21 heavy (non-hydrogen) atoms. The van der Waals surface area contributed by atoms with E-state index >= 15 is 0 Å². The summed E-state index contributed by atoms with van der Waals surface area (Å²) >= 11 is 0. The van der Waals surface area contributed by atoms with E-state index in [0.717, 1.165) is 30.4 Å². The molecule has 0 saturated heterocycles. The summed E-state index contributed by atoms with van der Waals surface area (Å²) in [5.41, 5.74) is 1.85. The van der Waals surface area contributed by atoms with Crippen LogP contribution in [0, 0.1) is 0 Å². The maximum Gasteiger partial charge on any atom is 0.204 e. The van der Waals surface area contributed by atoms with Crippen molar-refractivity contribution in [3.8, 4) is 0 Å². The first-order valence-corrected chi connectivity index (χ1v) is 7.25. The molecule has 0 spiro atoms. The molecule has 2 heterocycles. The number of oxazole rings is 1. The number of fused-ring (bicyclic) bond motifs is 1. The Morgan fingerprint density at radius 3 is 2.57 bits per heavy atom. The number of rotatable bonds is 3. The van der Waals surface area contributed by atoms with Gasteiger partial charge in [-0.2, -0.15) is 0 Å². The number of para-hydroxylation sites is 2. The molecule has 1 fully saturated rings. The standard InChI is InChI=1S/C17H16N2O2/c20-15(13-7-3-4-11-18-13)17(9-5-10-17)16-19-12-6-1-2-8-14(12)21-16/h1-4,6-8,11,15,20H,5,9-10H2. The van der Waals surface area contributed by atoms with Gasteiger partial charge in [0.1, 0.15) is 11.6 Å². The van der Waals surface area contributed by atoms with Crippen LogP contribution in [0.4, 0.5) is 0 Å². The molecule has 106 valence electrons. The molecule has 4 nitrogen and oxygen atoms in total. The Kier molecular flexibility index (Phi) is 2.79. The highest BCUT2D eigenvalue weighted by molar-refractivity contribution is 5.72. The molecule has 1 unspecified atom stereocenters. The van der Waals surface area contributed by atoms with E-state index < -0.39 is 11.5 Å². The average molecular weight is 280 g/mol. The van der Waals surface area contributed by atoms with Crippen LogP contribution < -0.4 is 0 Å². The maximum absolute atomic E-state index is 10.8. The van der Waals surface area contributed by atoms with E-state index in [-0.39, 0.29) is 0 Å². The van der Waals surface area contributed by atoms with Gasteiger partial charge in [0.2, 0.25) is 5.89 Å². The van der Waals surface area contributed by atoms with Gasteiger partial charge < -0.3 is 9.52 Å². The quantitative estimate of drug-likeness (QED) is 0.799. The monoisotopic (exact) mass is 280 g/mol. The van der Waals surface area contributed by atoms with Gasteiger partial charge in [-0.1, -0.05) is 24.6 Å². The summed E-state index contributed by atoms with van der Waals surface area (Å²) in [6.07, 6.45) is 3.84. The predicted molar refractivity (Wildman–Crippen MR) is 78.7 cm³/mol. The van der Waals surface area contributed by atoms with E-state index in [1.807, 2.05) is 42.5 Å². The lowest BCUT2D eigenvalue weighted by atomic mass is 9.64. The lowest BCUT2D eigenvalue weighted by molar-refractivity contribution is 0.00691.